The van der Waals surface area contributed by atoms with Crippen molar-refractivity contribution in [2.24, 2.45) is 0 Å². The standard InChI is InChI=1S/C7H8N4O2/c8-7-10-5-4(6(13)11-7)3(2-12)1-9-5/h1,12H,2H2,(H4,8,9,10,11,13). The summed E-state index contributed by atoms with van der Waals surface area (Å²) < 4.78 is 0. The molecule has 2 aromatic rings. The van der Waals surface area contributed by atoms with Crippen molar-refractivity contribution in [2.75, 3.05) is 5.73 Å². The Kier molecular flexibility index (Phi) is 1.56. The molecule has 0 aliphatic heterocycles. The van der Waals surface area contributed by atoms with Gasteiger partial charge in [0.15, 0.2) is 0 Å². The van der Waals surface area contributed by atoms with Crippen LogP contribution in [0.3, 0.4) is 0 Å². The van der Waals surface area contributed by atoms with Gasteiger partial charge in [-0.3, -0.25) is 9.78 Å². The molecule has 0 saturated heterocycles. The van der Waals surface area contributed by atoms with Gasteiger partial charge in [-0.1, -0.05) is 0 Å². The van der Waals surface area contributed by atoms with Gasteiger partial charge in [-0.2, -0.15) is 4.98 Å². The number of nitrogens with two attached hydrogens (primary N) is 1. The lowest BCUT2D eigenvalue weighted by atomic mass is 10.2. The molecule has 0 spiro atoms. The van der Waals surface area contributed by atoms with Crippen molar-refractivity contribution >= 4 is 17.0 Å². The average Bonchev–Trinajstić information content (AvgIpc) is 2.47. The zero-order valence-corrected chi connectivity index (χ0v) is 6.66. The van der Waals surface area contributed by atoms with E-state index >= 15 is 0 Å². The van der Waals surface area contributed by atoms with Crippen molar-refractivity contribution in [3.63, 3.8) is 0 Å². The number of H-pyrrole nitrogens is 2. The lowest BCUT2D eigenvalue weighted by molar-refractivity contribution is 0.283. The zero-order chi connectivity index (χ0) is 9.42. The van der Waals surface area contributed by atoms with Crippen LogP contribution in [0.2, 0.25) is 0 Å². The van der Waals surface area contributed by atoms with E-state index in [1.807, 2.05) is 0 Å². The van der Waals surface area contributed by atoms with Gasteiger partial charge in [0.25, 0.3) is 5.56 Å². The lowest BCUT2D eigenvalue weighted by Crippen LogP contribution is -2.11. The largest absolute Gasteiger partial charge is 0.392 e. The molecule has 0 radical (unpaired) electrons. The Hall–Kier alpha value is -1.82. The van der Waals surface area contributed by atoms with Crippen LogP contribution in [0.1, 0.15) is 5.56 Å². The van der Waals surface area contributed by atoms with E-state index < -0.39 is 0 Å². The normalized spacial score (nSPS) is 10.8. The van der Waals surface area contributed by atoms with Gasteiger partial charge in [0.1, 0.15) is 5.65 Å². The fourth-order valence-electron chi connectivity index (χ4n) is 1.25. The summed E-state index contributed by atoms with van der Waals surface area (Å²) in [5.41, 5.74) is 5.90. The van der Waals surface area contributed by atoms with Crippen LogP contribution in [-0.4, -0.2) is 20.1 Å². The van der Waals surface area contributed by atoms with E-state index in [1.54, 1.807) is 0 Å². The van der Waals surface area contributed by atoms with Gasteiger partial charge in [-0.15, -0.1) is 0 Å². The fourth-order valence-corrected chi connectivity index (χ4v) is 1.25. The second kappa shape index (κ2) is 2.60. The highest BCUT2D eigenvalue weighted by atomic mass is 16.3. The number of aliphatic hydroxyl groups excluding tert-OH is 1. The van der Waals surface area contributed by atoms with Gasteiger partial charge in [0.05, 0.1) is 12.0 Å². The maximum absolute atomic E-state index is 11.3. The summed E-state index contributed by atoms with van der Waals surface area (Å²) in [5, 5.41) is 9.24. The minimum absolute atomic E-state index is 0.0591. The van der Waals surface area contributed by atoms with Crippen molar-refractivity contribution in [3.05, 3.63) is 22.1 Å². The molecule has 6 heteroatoms. The summed E-state index contributed by atoms with van der Waals surface area (Å²) in [6.07, 6.45) is 1.53. The molecular formula is C7H8N4O2. The number of nitrogens with zero attached hydrogens (tertiary/aromatic N) is 1. The minimum atomic E-state index is -0.340. The Balaban J connectivity index is 2.90. The van der Waals surface area contributed by atoms with Gasteiger partial charge >= 0.3 is 0 Å². The number of hydrogen-bond acceptors (Lipinski definition) is 4. The minimum Gasteiger partial charge on any atom is -0.392 e. The number of anilines is 1. The van der Waals surface area contributed by atoms with Gasteiger partial charge in [-0.05, 0) is 0 Å². The Morgan fingerprint density at radius 2 is 2.38 bits per heavy atom. The maximum atomic E-state index is 11.3. The van der Waals surface area contributed by atoms with Crippen LogP contribution in [0, 0.1) is 0 Å². The zero-order valence-electron chi connectivity index (χ0n) is 6.66. The Morgan fingerprint density at radius 3 is 3.08 bits per heavy atom. The van der Waals surface area contributed by atoms with Gasteiger partial charge < -0.3 is 15.8 Å². The first-order valence-electron chi connectivity index (χ1n) is 3.69. The number of rotatable bonds is 1. The molecule has 0 unspecified atom stereocenters. The second-order valence-electron chi connectivity index (χ2n) is 2.65. The molecule has 6 nitrogen and oxygen atoms in total. The molecule has 0 fully saturated rings. The molecule has 0 amide bonds. The number of nitrogens with one attached hydrogen (secondary N) is 2. The highest BCUT2D eigenvalue weighted by Crippen LogP contribution is 2.11. The second-order valence-corrected chi connectivity index (χ2v) is 2.65. The average molecular weight is 180 g/mol. The van der Waals surface area contributed by atoms with Crippen molar-refractivity contribution < 1.29 is 5.11 Å². The summed E-state index contributed by atoms with van der Waals surface area (Å²) in [6, 6.07) is 0. The fraction of sp³-hybridized carbons (Fsp3) is 0.143. The SMILES string of the molecule is Nc1nc2[nH]cc(CO)c2c(=O)[nH]1. The molecule has 0 saturated carbocycles. The van der Waals surface area contributed by atoms with E-state index in [4.69, 9.17) is 10.8 Å². The third-order valence-corrected chi connectivity index (χ3v) is 1.81. The topological polar surface area (TPSA) is 108 Å². The third-order valence-electron chi connectivity index (χ3n) is 1.81. The molecule has 0 aliphatic rings. The van der Waals surface area contributed by atoms with Gasteiger partial charge in [-0.25, -0.2) is 0 Å². The van der Waals surface area contributed by atoms with Crippen LogP contribution in [0.5, 0.6) is 0 Å². The van der Waals surface area contributed by atoms with Crippen molar-refractivity contribution in [1.82, 2.24) is 15.0 Å². The molecule has 13 heavy (non-hydrogen) atoms. The van der Waals surface area contributed by atoms with Crippen LogP contribution in [0.4, 0.5) is 5.95 Å². The Morgan fingerprint density at radius 1 is 1.62 bits per heavy atom. The molecular weight excluding hydrogens is 172 g/mol. The van der Waals surface area contributed by atoms with Crippen molar-refractivity contribution in [1.29, 1.82) is 0 Å². The van der Waals surface area contributed by atoms with Crippen molar-refractivity contribution in [2.45, 2.75) is 6.61 Å². The Labute approximate surface area is 72.4 Å². The highest BCUT2D eigenvalue weighted by molar-refractivity contribution is 5.79. The number of nitrogen functional groups attached to an aromatic ring is 1. The summed E-state index contributed by atoms with van der Waals surface area (Å²) in [5.74, 6) is 0.0591. The van der Waals surface area contributed by atoms with Crippen LogP contribution >= 0.6 is 0 Å². The molecule has 0 atom stereocenters. The molecule has 5 N–H and O–H groups in total. The predicted molar refractivity (Wildman–Crippen MR) is 47.0 cm³/mol. The molecule has 0 aliphatic carbocycles. The summed E-state index contributed by atoms with van der Waals surface area (Å²) >= 11 is 0. The molecule has 0 aromatic carbocycles. The Bertz CT molecular complexity index is 499. The number of aromatic amines is 2. The quantitative estimate of drug-likeness (QED) is 0.466. The maximum Gasteiger partial charge on any atom is 0.262 e. The lowest BCUT2D eigenvalue weighted by Gasteiger charge is -1.93. The van der Waals surface area contributed by atoms with Gasteiger partial charge in [0, 0.05) is 11.8 Å². The molecule has 2 rings (SSSR count). The number of hydrogen-bond donors (Lipinski definition) is 4. The number of aliphatic hydroxyl groups is 1. The molecule has 68 valence electrons. The van der Waals surface area contributed by atoms with E-state index in [0.717, 1.165) is 0 Å². The van der Waals surface area contributed by atoms with E-state index in [-0.39, 0.29) is 18.1 Å². The van der Waals surface area contributed by atoms with Crippen LogP contribution in [0.25, 0.3) is 11.0 Å². The van der Waals surface area contributed by atoms with Crippen LogP contribution in [-0.2, 0) is 6.61 Å². The first-order valence-corrected chi connectivity index (χ1v) is 3.69. The van der Waals surface area contributed by atoms with Gasteiger partial charge in [0.2, 0.25) is 5.95 Å². The number of fused-ring (bicyclic) bond motifs is 1. The smallest absolute Gasteiger partial charge is 0.262 e. The van der Waals surface area contributed by atoms with Crippen molar-refractivity contribution in [3.8, 4) is 0 Å². The first kappa shape index (κ1) is 7.81. The first-order chi connectivity index (χ1) is 6.22. The third kappa shape index (κ3) is 1.07. The predicted octanol–water partition coefficient (Wildman–Crippen LogP) is -0.674. The van der Waals surface area contributed by atoms with E-state index in [9.17, 15) is 4.79 Å². The summed E-state index contributed by atoms with van der Waals surface area (Å²) in [7, 11) is 0. The van der Waals surface area contributed by atoms with Crippen LogP contribution < -0.4 is 11.3 Å². The molecule has 2 heterocycles. The van der Waals surface area contributed by atoms with E-state index in [0.29, 0.717) is 16.6 Å². The number of aromatic nitrogens is 3. The van der Waals surface area contributed by atoms with E-state index in [2.05, 4.69) is 15.0 Å². The highest BCUT2D eigenvalue weighted by Gasteiger charge is 2.08. The monoisotopic (exact) mass is 180 g/mol. The summed E-state index contributed by atoms with van der Waals surface area (Å²) in [6.45, 7) is -0.200. The molecule has 2 aromatic heterocycles. The summed E-state index contributed by atoms with van der Waals surface area (Å²) in [4.78, 5) is 20.3. The van der Waals surface area contributed by atoms with E-state index in [1.165, 1.54) is 6.20 Å². The molecule has 0 bridgehead atoms. The van der Waals surface area contributed by atoms with Crippen LogP contribution in [0.15, 0.2) is 11.0 Å².